The van der Waals surface area contributed by atoms with Crippen LogP contribution in [0.4, 0.5) is 5.82 Å². The highest BCUT2D eigenvalue weighted by Crippen LogP contribution is 2.34. The van der Waals surface area contributed by atoms with Gasteiger partial charge in [0.25, 0.3) is 0 Å². The number of rotatable bonds is 2. The molecule has 0 spiro atoms. The third kappa shape index (κ3) is 2.25. The number of amidine groups is 1. The molecule has 29 heavy (non-hydrogen) atoms. The standard InChI is InChI=1S/C19H19N9O/c1-13(29)24-8-4-7-17(24)15-10-26(23-22-15)27-12-21-19-14-5-2-3-6-16(14)25-11-20-9-18(25)28(19)27/h2-3,5-6,9-11,17H,4,7-8,12H2,1H3. The lowest BCUT2D eigenvalue weighted by Crippen LogP contribution is -2.51. The summed E-state index contributed by atoms with van der Waals surface area (Å²) in [5.74, 6) is 1.82. The molecule has 1 unspecified atom stereocenters. The predicted octanol–water partition coefficient (Wildman–Crippen LogP) is 1.24. The number of likely N-dealkylation sites (tertiary alicyclic amines) is 1. The minimum absolute atomic E-state index is 0.0168. The van der Waals surface area contributed by atoms with Crippen LogP contribution in [0.3, 0.4) is 0 Å². The molecule has 146 valence electrons. The maximum atomic E-state index is 11.9. The van der Waals surface area contributed by atoms with Gasteiger partial charge < -0.3 is 4.90 Å². The zero-order chi connectivity index (χ0) is 19.5. The van der Waals surface area contributed by atoms with E-state index in [1.807, 2.05) is 44.1 Å². The number of anilines is 1. The van der Waals surface area contributed by atoms with E-state index in [0.29, 0.717) is 6.67 Å². The van der Waals surface area contributed by atoms with Crippen molar-refractivity contribution in [3.05, 3.63) is 54.2 Å². The van der Waals surface area contributed by atoms with Gasteiger partial charge in [-0.2, -0.15) is 10.1 Å². The highest BCUT2D eigenvalue weighted by Gasteiger charge is 2.37. The number of aromatic nitrogens is 5. The molecule has 10 heteroatoms. The van der Waals surface area contributed by atoms with Crippen molar-refractivity contribution in [1.29, 1.82) is 0 Å². The van der Waals surface area contributed by atoms with Gasteiger partial charge in [0.05, 0.1) is 24.1 Å². The monoisotopic (exact) mass is 389 g/mol. The molecule has 0 saturated carbocycles. The summed E-state index contributed by atoms with van der Waals surface area (Å²) in [6.07, 6.45) is 7.40. The maximum Gasteiger partial charge on any atom is 0.220 e. The fourth-order valence-electron chi connectivity index (χ4n) is 4.44. The molecular formula is C19H19N9O. The van der Waals surface area contributed by atoms with E-state index in [1.165, 1.54) is 0 Å². The van der Waals surface area contributed by atoms with Crippen molar-refractivity contribution < 1.29 is 4.79 Å². The van der Waals surface area contributed by atoms with E-state index < -0.39 is 0 Å². The Balaban J connectivity index is 1.37. The van der Waals surface area contributed by atoms with Crippen molar-refractivity contribution in [2.45, 2.75) is 25.8 Å². The van der Waals surface area contributed by atoms with Gasteiger partial charge in [0.15, 0.2) is 18.3 Å². The Morgan fingerprint density at radius 2 is 2.14 bits per heavy atom. The molecule has 0 radical (unpaired) electrons. The summed E-state index contributed by atoms with van der Waals surface area (Å²) in [6, 6.07) is 8.12. The number of fused-ring (bicyclic) bond motifs is 6. The van der Waals surface area contributed by atoms with Gasteiger partial charge in [-0.3, -0.25) is 9.36 Å². The number of amides is 1. The third-order valence-electron chi connectivity index (χ3n) is 5.75. The number of para-hydroxylation sites is 1. The summed E-state index contributed by atoms with van der Waals surface area (Å²) in [5, 5.41) is 12.7. The molecule has 1 amide bonds. The molecule has 0 bridgehead atoms. The van der Waals surface area contributed by atoms with Crippen LogP contribution in [0, 0.1) is 0 Å². The summed E-state index contributed by atoms with van der Waals surface area (Å²) in [4.78, 5) is 24.6. The van der Waals surface area contributed by atoms with Gasteiger partial charge in [-0.1, -0.05) is 12.1 Å². The number of benzene rings is 1. The Hall–Kier alpha value is -3.69. The molecule has 3 aliphatic rings. The second-order valence-electron chi connectivity index (χ2n) is 7.38. The molecule has 1 atom stereocenters. The van der Waals surface area contributed by atoms with Crippen LogP contribution in [0.1, 0.15) is 37.1 Å². The van der Waals surface area contributed by atoms with Gasteiger partial charge in [-0.25, -0.2) is 9.98 Å². The van der Waals surface area contributed by atoms with Gasteiger partial charge in [-0.05, 0) is 30.2 Å². The van der Waals surface area contributed by atoms with Gasteiger partial charge in [0, 0.05) is 19.0 Å². The number of aliphatic imine (C=N–C) groups is 1. The molecular weight excluding hydrogens is 370 g/mol. The smallest absolute Gasteiger partial charge is 0.220 e. The average molecular weight is 389 g/mol. The second-order valence-corrected chi connectivity index (χ2v) is 7.38. The van der Waals surface area contributed by atoms with E-state index in [-0.39, 0.29) is 11.9 Å². The Morgan fingerprint density at radius 1 is 1.24 bits per heavy atom. The van der Waals surface area contributed by atoms with Crippen LogP contribution in [0.15, 0.2) is 48.0 Å². The number of carbonyl (C=O) groups is 1. The molecule has 1 aromatic carbocycles. The largest absolute Gasteiger partial charge is 0.334 e. The molecule has 0 aliphatic carbocycles. The van der Waals surface area contributed by atoms with Crippen LogP contribution in [0.5, 0.6) is 0 Å². The lowest BCUT2D eigenvalue weighted by atomic mass is 10.1. The normalized spacial score (nSPS) is 19.8. The Morgan fingerprint density at radius 3 is 3.03 bits per heavy atom. The molecule has 10 nitrogen and oxygen atoms in total. The minimum Gasteiger partial charge on any atom is -0.334 e. The van der Waals surface area contributed by atoms with Crippen LogP contribution in [-0.2, 0) is 4.79 Å². The second kappa shape index (κ2) is 5.90. The van der Waals surface area contributed by atoms with Crippen LogP contribution in [-0.4, -0.2) is 54.5 Å². The first-order valence-electron chi connectivity index (χ1n) is 9.66. The van der Waals surface area contributed by atoms with E-state index in [0.717, 1.165) is 48.0 Å². The van der Waals surface area contributed by atoms with E-state index in [9.17, 15) is 4.79 Å². The van der Waals surface area contributed by atoms with Crippen LogP contribution >= 0.6 is 0 Å². The van der Waals surface area contributed by atoms with Crippen molar-refractivity contribution >= 4 is 17.6 Å². The van der Waals surface area contributed by atoms with E-state index >= 15 is 0 Å². The summed E-state index contributed by atoms with van der Waals surface area (Å²) < 4.78 is 2.04. The summed E-state index contributed by atoms with van der Waals surface area (Å²) >= 11 is 0. The number of nitrogens with zero attached hydrogens (tertiary/aromatic N) is 9. The predicted molar refractivity (Wildman–Crippen MR) is 105 cm³/mol. The zero-order valence-corrected chi connectivity index (χ0v) is 15.9. The topological polar surface area (TPSA) is 87.7 Å². The number of carbonyl (C=O) groups excluding carboxylic acids is 1. The number of hydrogen-bond donors (Lipinski definition) is 0. The van der Waals surface area contributed by atoms with Crippen molar-refractivity contribution in [1.82, 2.24) is 29.6 Å². The highest BCUT2D eigenvalue weighted by molar-refractivity contribution is 6.15. The fraction of sp³-hybridized carbons (Fsp3) is 0.316. The van der Waals surface area contributed by atoms with Crippen molar-refractivity contribution in [2.75, 3.05) is 23.3 Å². The van der Waals surface area contributed by atoms with Crippen LogP contribution in [0.25, 0.3) is 5.69 Å². The lowest BCUT2D eigenvalue weighted by molar-refractivity contribution is -0.129. The summed E-state index contributed by atoms with van der Waals surface area (Å²) in [6.45, 7) is 2.79. The van der Waals surface area contributed by atoms with Gasteiger partial charge in [-0.15, -0.1) is 9.89 Å². The van der Waals surface area contributed by atoms with Gasteiger partial charge >= 0.3 is 0 Å². The maximum absolute atomic E-state index is 11.9. The first kappa shape index (κ1) is 16.3. The van der Waals surface area contributed by atoms with Crippen molar-refractivity contribution in [2.24, 2.45) is 4.99 Å². The first-order chi connectivity index (χ1) is 14.2. The minimum atomic E-state index is -0.0168. The Bertz CT molecular complexity index is 1150. The Labute approximate surface area is 166 Å². The number of hydrogen-bond acceptors (Lipinski definition) is 7. The first-order valence-corrected chi connectivity index (χ1v) is 9.66. The van der Waals surface area contributed by atoms with Crippen LogP contribution in [0.2, 0.25) is 0 Å². The van der Waals surface area contributed by atoms with Gasteiger partial charge in [0.1, 0.15) is 12.0 Å². The highest BCUT2D eigenvalue weighted by atomic mass is 16.2. The average Bonchev–Trinajstić information content (AvgIpc) is 3.52. The zero-order valence-electron chi connectivity index (χ0n) is 15.9. The Kier molecular flexibility index (Phi) is 3.31. The molecule has 3 aliphatic heterocycles. The molecule has 5 heterocycles. The lowest BCUT2D eigenvalue weighted by Gasteiger charge is -2.34. The SMILES string of the molecule is CC(=O)N1CCCC1c1cn(N2CN=C3c4ccccc4-n4cncc4N32)nn1. The van der Waals surface area contributed by atoms with Crippen molar-refractivity contribution in [3.8, 4) is 5.69 Å². The van der Waals surface area contributed by atoms with Crippen LogP contribution < -0.4 is 10.1 Å². The number of hydrazine groups is 1. The van der Waals surface area contributed by atoms with E-state index in [4.69, 9.17) is 4.99 Å². The van der Waals surface area contributed by atoms with E-state index in [2.05, 4.69) is 27.4 Å². The fourth-order valence-corrected chi connectivity index (χ4v) is 4.44. The molecule has 2 aromatic heterocycles. The van der Waals surface area contributed by atoms with Gasteiger partial charge in [0.2, 0.25) is 5.91 Å². The van der Waals surface area contributed by atoms with Crippen molar-refractivity contribution in [3.63, 3.8) is 0 Å². The van der Waals surface area contributed by atoms with E-state index in [1.54, 1.807) is 18.0 Å². The summed E-state index contributed by atoms with van der Waals surface area (Å²) in [7, 11) is 0. The molecule has 6 rings (SSSR count). The molecule has 3 aromatic rings. The summed E-state index contributed by atoms with van der Waals surface area (Å²) in [5.41, 5.74) is 2.90. The quantitative estimate of drug-likeness (QED) is 0.655. The molecule has 1 fully saturated rings. The molecule has 1 saturated heterocycles. The third-order valence-corrected chi connectivity index (χ3v) is 5.75. The number of imidazole rings is 1. The molecule has 0 N–H and O–H groups in total.